The number of aliphatic hydroxyl groups is 1. The van der Waals surface area contributed by atoms with Crippen LogP contribution in [-0.4, -0.2) is 47.4 Å². The maximum atomic E-state index is 9.88. The number of nitrogens with zero attached hydrogens (tertiary/aromatic N) is 1. The van der Waals surface area contributed by atoms with Crippen LogP contribution in [0.25, 0.3) is 0 Å². The normalized spacial score (nSPS) is 40.4. The van der Waals surface area contributed by atoms with Gasteiger partial charge < -0.3 is 9.84 Å². The summed E-state index contributed by atoms with van der Waals surface area (Å²) in [4.78, 5) is 2.64. The second kappa shape index (κ2) is 5.71. The van der Waals surface area contributed by atoms with Crippen LogP contribution in [0, 0.1) is 5.92 Å². The third-order valence-corrected chi connectivity index (χ3v) is 5.64. The van der Waals surface area contributed by atoms with Crippen LogP contribution in [0.1, 0.15) is 58.3 Å². The second-order valence-corrected chi connectivity index (χ2v) is 7.07. The molecule has 0 amide bonds. The monoisotopic (exact) mass is 267 g/mol. The van der Waals surface area contributed by atoms with Crippen molar-refractivity contribution in [2.75, 3.05) is 19.7 Å². The van der Waals surface area contributed by atoms with Gasteiger partial charge in [-0.25, -0.2) is 0 Å². The topological polar surface area (TPSA) is 32.7 Å². The summed E-state index contributed by atoms with van der Waals surface area (Å²) in [6.07, 6.45) is 9.92. The Morgan fingerprint density at radius 1 is 1.16 bits per heavy atom. The molecule has 0 aromatic carbocycles. The molecule has 0 bridgehead atoms. The predicted octanol–water partition coefficient (Wildman–Crippen LogP) is 2.57. The van der Waals surface area contributed by atoms with Crippen LogP contribution < -0.4 is 0 Å². The molecule has 1 N–H and O–H groups in total. The van der Waals surface area contributed by atoms with E-state index in [0.29, 0.717) is 12.0 Å². The fourth-order valence-electron chi connectivity index (χ4n) is 4.36. The smallest absolute Gasteiger partial charge is 0.0697 e. The Morgan fingerprint density at radius 2 is 1.95 bits per heavy atom. The SMILES string of the molecule is CC1CN(C2CCOC3(CCCCC3)C2)CCC1O. The van der Waals surface area contributed by atoms with Gasteiger partial charge in [0.1, 0.15) is 0 Å². The van der Waals surface area contributed by atoms with Gasteiger partial charge in [-0.05, 0) is 38.0 Å². The molecule has 3 heteroatoms. The average molecular weight is 267 g/mol. The highest BCUT2D eigenvalue weighted by Gasteiger charge is 2.41. The van der Waals surface area contributed by atoms with Crippen molar-refractivity contribution in [3.63, 3.8) is 0 Å². The number of hydrogen-bond acceptors (Lipinski definition) is 3. The van der Waals surface area contributed by atoms with Crippen molar-refractivity contribution in [2.45, 2.75) is 76.0 Å². The quantitative estimate of drug-likeness (QED) is 0.792. The Hall–Kier alpha value is -0.120. The molecule has 2 heterocycles. The minimum Gasteiger partial charge on any atom is -0.393 e. The number of piperidine rings is 1. The van der Waals surface area contributed by atoms with Crippen molar-refractivity contribution >= 4 is 0 Å². The largest absolute Gasteiger partial charge is 0.393 e. The molecule has 110 valence electrons. The number of hydrogen-bond donors (Lipinski definition) is 1. The Labute approximate surface area is 117 Å². The summed E-state index contributed by atoms with van der Waals surface area (Å²) in [5.41, 5.74) is 0.209. The van der Waals surface area contributed by atoms with E-state index in [1.165, 1.54) is 44.9 Å². The lowest BCUT2D eigenvalue weighted by Crippen LogP contribution is -2.53. The minimum absolute atomic E-state index is 0.0836. The van der Waals surface area contributed by atoms with Crippen LogP contribution in [0.15, 0.2) is 0 Å². The Balaban J connectivity index is 1.61. The van der Waals surface area contributed by atoms with Gasteiger partial charge in [0.25, 0.3) is 0 Å². The maximum Gasteiger partial charge on any atom is 0.0697 e. The fourth-order valence-corrected chi connectivity index (χ4v) is 4.36. The number of ether oxygens (including phenoxy) is 1. The molecule has 3 fully saturated rings. The van der Waals surface area contributed by atoms with Gasteiger partial charge in [0.2, 0.25) is 0 Å². The van der Waals surface area contributed by atoms with E-state index in [-0.39, 0.29) is 11.7 Å². The van der Waals surface area contributed by atoms with E-state index in [2.05, 4.69) is 11.8 Å². The van der Waals surface area contributed by atoms with Crippen LogP contribution in [0.3, 0.4) is 0 Å². The van der Waals surface area contributed by atoms with Gasteiger partial charge in [-0.2, -0.15) is 0 Å². The van der Waals surface area contributed by atoms with Gasteiger partial charge in [0.05, 0.1) is 11.7 Å². The molecule has 0 aromatic rings. The summed E-state index contributed by atoms with van der Waals surface area (Å²) >= 11 is 0. The van der Waals surface area contributed by atoms with E-state index in [9.17, 15) is 5.11 Å². The molecule has 3 atom stereocenters. The lowest BCUT2D eigenvalue weighted by atomic mass is 9.77. The minimum atomic E-state index is -0.0836. The van der Waals surface area contributed by atoms with E-state index in [1.54, 1.807) is 0 Å². The first-order valence-electron chi connectivity index (χ1n) is 8.25. The average Bonchev–Trinajstić information content (AvgIpc) is 2.43. The molecule has 3 aliphatic rings. The Bertz CT molecular complexity index is 296. The number of likely N-dealkylation sites (tertiary alicyclic amines) is 1. The molecule has 0 aromatic heterocycles. The maximum absolute atomic E-state index is 9.88. The zero-order valence-electron chi connectivity index (χ0n) is 12.3. The van der Waals surface area contributed by atoms with Gasteiger partial charge in [0.15, 0.2) is 0 Å². The summed E-state index contributed by atoms with van der Waals surface area (Å²) in [5.74, 6) is 0.430. The summed E-state index contributed by atoms with van der Waals surface area (Å²) < 4.78 is 6.20. The fraction of sp³-hybridized carbons (Fsp3) is 1.00. The molecule has 1 saturated carbocycles. The van der Waals surface area contributed by atoms with Crippen LogP contribution in [0.5, 0.6) is 0 Å². The third kappa shape index (κ3) is 2.98. The highest BCUT2D eigenvalue weighted by Crippen LogP contribution is 2.40. The highest BCUT2D eigenvalue weighted by molar-refractivity contribution is 4.94. The van der Waals surface area contributed by atoms with Gasteiger partial charge in [0, 0.05) is 25.7 Å². The summed E-state index contributed by atoms with van der Waals surface area (Å²) in [7, 11) is 0. The lowest BCUT2D eigenvalue weighted by Gasteiger charge is -2.48. The molecular formula is C16H29NO2. The summed E-state index contributed by atoms with van der Waals surface area (Å²) in [6.45, 7) is 5.28. The van der Waals surface area contributed by atoms with E-state index < -0.39 is 0 Å². The summed E-state index contributed by atoms with van der Waals surface area (Å²) in [6, 6.07) is 0.696. The number of rotatable bonds is 1. The van der Waals surface area contributed by atoms with Crippen LogP contribution in [0.2, 0.25) is 0 Å². The van der Waals surface area contributed by atoms with Gasteiger partial charge in [-0.1, -0.05) is 26.2 Å². The Kier molecular flexibility index (Phi) is 4.16. The highest BCUT2D eigenvalue weighted by atomic mass is 16.5. The molecule has 2 saturated heterocycles. The predicted molar refractivity (Wildman–Crippen MR) is 76.2 cm³/mol. The van der Waals surface area contributed by atoms with E-state index in [4.69, 9.17) is 4.74 Å². The van der Waals surface area contributed by atoms with E-state index in [0.717, 1.165) is 26.1 Å². The van der Waals surface area contributed by atoms with E-state index >= 15 is 0 Å². The molecule has 0 radical (unpaired) electrons. The van der Waals surface area contributed by atoms with Crippen molar-refractivity contribution in [1.82, 2.24) is 4.90 Å². The van der Waals surface area contributed by atoms with Crippen molar-refractivity contribution in [1.29, 1.82) is 0 Å². The van der Waals surface area contributed by atoms with Gasteiger partial charge >= 0.3 is 0 Å². The molecule has 1 aliphatic carbocycles. The van der Waals surface area contributed by atoms with Gasteiger partial charge in [-0.3, -0.25) is 4.90 Å². The van der Waals surface area contributed by atoms with Gasteiger partial charge in [-0.15, -0.1) is 0 Å². The molecule has 1 spiro atoms. The molecule has 3 nitrogen and oxygen atoms in total. The molecular weight excluding hydrogens is 238 g/mol. The van der Waals surface area contributed by atoms with Crippen molar-refractivity contribution < 1.29 is 9.84 Å². The molecule has 2 aliphatic heterocycles. The first kappa shape index (κ1) is 13.8. The third-order valence-electron chi connectivity index (χ3n) is 5.64. The molecule has 3 unspecified atom stereocenters. The zero-order chi connectivity index (χ0) is 13.3. The summed E-state index contributed by atoms with van der Waals surface area (Å²) in [5, 5.41) is 9.88. The Morgan fingerprint density at radius 3 is 2.68 bits per heavy atom. The van der Waals surface area contributed by atoms with Crippen LogP contribution in [-0.2, 0) is 4.74 Å². The van der Waals surface area contributed by atoms with Crippen molar-refractivity contribution in [3.05, 3.63) is 0 Å². The lowest BCUT2D eigenvalue weighted by molar-refractivity contribution is -0.130. The molecule has 19 heavy (non-hydrogen) atoms. The standard InChI is InChI=1S/C16H29NO2/c1-13-12-17(9-5-15(13)18)14-6-10-19-16(11-14)7-3-2-4-8-16/h13-15,18H,2-12H2,1H3. The first-order valence-corrected chi connectivity index (χ1v) is 8.25. The van der Waals surface area contributed by atoms with Crippen molar-refractivity contribution in [3.8, 4) is 0 Å². The van der Waals surface area contributed by atoms with Crippen LogP contribution in [0.4, 0.5) is 0 Å². The first-order chi connectivity index (χ1) is 9.19. The zero-order valence-corrected chi connectivity index (χ0v) is 12.3. The second-order valence-electron chi connectivity index (χ2n) is 7.07. The molecule has 3 rings (SSSR count). The van der Waals surface area contributed by atoms with Crippen LogP contribution >= 0.6 is 0 Å². The van der Waals surface area contributed by atoms with E-state index in [1.807, 2.05) is 0 Å². The van der Waals surface area contributed by atoms with Crippen molar-refractivity contribution in [2.24, 2.45) is 5.92 Å². The number of aliphatic hydroxyl groups excluding tert-OH is 1.